The van der Waals surface area contributed by atoms with Crippen LogP contribution >= 0.6 is 0 Å². The summed E-state index contributed by atoms with van der Waals surface area (Å²) in [6, 6.07) is 3.48. The van der Waals surface area contributed by atoms with Gasteiger partial charge < -0.3 is 19.7 Å². The summed E-state index contributed by atoms with van der Waals surface area (Å²) in [5.41, 5.74) is 2.57. The number of H-pyrrole nitrogens is 1. The maximum absolute atomic E-state index is 11.4. The van der Waals surface area contributed by atoms with Crippen molar-refractivity contribution in [2.24, 2.45) is 0 Å². The quantitative estimate of drug-likeness (QED) is 0.822. The lowest BCUT2D eigenvalue weighted by Crippen LogP contribution is -2.11. The number of hydrogen-bond donors (Lipinski definition) is 2. The molecule has 0 saturated heterocycles. The van der Waals surface area contributed by atoms with E-state index in [0.29, 0.717) is 6.54 Å². The number of aromatic nitrogens is 1. The molecule has 0 atom stereocenters. The molecule has 0 saturated carbocycles. The standard InChI is InChI=1S/C14H18N2O3/c1-16(2)8-10-12(17)5-4-11-14(10)9(7-15-11)6-13(18)19-3/h4-5,7,15,17H,6,8H2,1-3H3. The van der Waals surface area contributed by atoms with Gasteiger partial charge in [0, 0.05) is 29.2 Å². The molecule has 2 rings (SSSR count). The SMILES string of the molecule is COC(=O)Cc1c[nH]c2ccc(O)c(CN(C)C)c12. The number of aromatic hydroxyl groups is 1. The van der Waals surface area contributed by atoms with Crippen molar-refractivity contribution in [2.75, 3.05) is 21.2 Å². The van der Waals surface area contributed by atoms with E-state index in [9.17, 15) is 9.90 Å². The van der Waals surface area contributed by atoms with E-state index in [1.54, 1.807) is 12.3 Å². The number of esters is 1. The average Bonchev–Trinajstić information content (AvgIpc) is 2.75. The lowest BCUT2D eigenvalue weighted by Gasteiger charge is -2.13. The number of carbonyl (C=O) groups excluding carboxylic acids is 1. The molecular weight excluding hydrogens is 244 g/mol. The van der Waals surface area contributed by atoms with Gasteiger partial charge in [-0.2, -0.15) is 0 Å². The minimum Gasteiger partial charge on any atom is -0.508 e. The second-order valence-electron chi connectivity index (χ2n) is 4.79. The number of aromatic amines is 1. The fourth-order valence-electron chi connectivity index (χ4n) is 2.20. The Kier molecular flexibility index (Phi) is 3.76. The highest BCUT2D eigenvalue weighted by atomic mass is 16.5. The van der Waals surface area contributed by atoms with E-state index in [2.05, 4.69) is 4.98 Å². The highest BCUT2D eigenvalue weighted by Gasteiger charge is 2.15. The second kappa shape index (κ2) is 5.32. The summed E-state index contributed by atoms with van der Waals surface area (Å²) in [6.45, 7) is 0.606. The second-order valence-corrected chi connectivity index (χ2v) is 4.79. The van der Waals surface area contributed by atoms with Gasteiger partial charge in [0.15, 0.2) is 0 Å². The molecule has 1 aromatic carbocycles. The van der Waals surface area contributed by atoms with Gasteiger partial charge >= 0.3 is 5.97 Å². The molecule has 19 heavy (non-hydrogen) atoms. The van der Waals surface area contributed by atoms with Gasteiger partial charge in [-0.05, 0) is 31.8 Å². The predicted molar refractivity (Wildman–Crippen MR) is 73.1 cm³/mol. The molecule has 0 fully saturated rings. The molecule has 5 heteroatoms. The zero-order valence-corrected chi connectivity index (χ0v) is 11.4. The lowest BCUT2D eigenvalue weighted by atomic mass is 10.0. The first kappa shape index (κ1) is 13.4. The smallest absolute Gasteiger partial charge is 0.310 e. The first-order chi connectivity index (χ1) is 9.02. The zero-order chi connectivity index (χ0) is 14.0. The van der Waals surface area contributed by atoms with Gasteiger partial charge in [0.2, 0.25) is 0 Å². The predicted octanol–water partition coefficient (Wildman–Crippen LogP) is 1.65. The molecule has 2 N–H and O–H groups in total. The zero-order valence-electron chi connectivity index (χ0n) is 11.4. The molecule has 102 valence electrons. The first-order valence-electron chi connectivity index (χ1n) is 6.05. The number of methoxy groups -OCH3 is 1. The molecule has 0 unspecified atom stereocenters. The van der Waals surface area contributed by atoms with Crippen molar-refractivity contribution < 1.29 is 14.6 Å². The summed E-state index contributed by atoms with van der Waals surface area (Å²) in [6.07, 6.45) is 1.99. The van der Waals surface area contributed by atoms with Gasteiger partial charge in [0.05, 0.1) is 13.5 Å². The summed E-state index contributed by atoms with van der Waals surface area (Å²) in [4.78, 5) is 16.5. The molecule has 5 nitrogen and oxygen atoms in total. The van der Waals surface area contributed by atoms with Crippen molar-refractivity contribution in [2.45, 2.75) is 13.0 Å². The number of carbonyl (C=O) groups is 1. The van der Waals surface area contributed by atoms with Crippen LogP contribution in [0.3, 0.4) is 0 Å². The van der Waals surface area contributed by atoms with Crippen LogP contribution in [0, 0.1) is 0 Å². The minimum atomic E-state index is -0.292. The largest absolute Gasteiger partial charge is 0.508 e. The molecule has 0 aliphatic rings. The topological polar surface area (TPSA) is 65.6 Å². The number of benzene rings is 1. The summed E-state index contributed by atoms with van der Waals surface area (Å²) in [7, 11) is 5.24. The Balaban J connectivity index is 2.54. The van der Waals surface area contributed by atoms with Gasteiger partial charge in [-0.15, -0.1) is 0 Å². The Morgan fingerprint density at radius 1 is 1.42 bits per heavy atom. The van der Waals surface area contributed by atoms with Crippen molar-refractivity contribution in [3.63, 3.8) is 0 Å². The van der Waals surface area contributed by atoms with Gasteiger partial charge in [0.25, 0.3) is 0 Å². The molecule has 0 radical (unpaired) electrons. The maximum atomic E-state index is 11.4. The normalized spacial score (nSPS) is 11.2. The molecule has 1 heterocycles. The number of phenolic OH excluding ortho intramolecular Hbond substituents is 1. The lowest BCUT2D eigenvalue weighted by molar-refractivity contribution is -0.139. The molecule has 0 bridgehead atoms. The van der Waals surface area contributed by atoms with Gasteiger partial charge in [0.1, 0.15) is 5.75 Å². The van der Waals surface area contributed by atoms with Gasteiger partial charge in [-0.25, -0.2) is 0 Å². The average molecular weight is 262 g/mol. The number of rotatable bonds is 4. The van der Waals surface area contributed by atoms with Crippen molar-refractivity contribution in [3.8, 4) is 5.75 Å². The van der Waals surface area contributed by atoms with Crippen LogP contribution in [0.5, 0.6) is 5.75 Å². The molecule has 0 amide bonds. The van der Waals surface area contributed by atoms with E-state index >= 15 is 0 Å². The van der Waals surface area contributed by atoms with E-state index in [4.69, 9.17) is 4.74 Å². The van der Waals surface area contributed by atoms with Crippen LogP contribution in [0.4, 0.5) is 0 Å². The van der Waals surface area contributed by atoms with Gasteiger partial charge in [-0.3, -0.25) is 4.79 Å². The Bertz CT molecular complexity index is 602. The van der Waals surface area contributed by atoms with Gasteiger partial charge in [-0.1, -0.05) is 0 Å². The molecular formula is C14H18N2O3. The summed E-state index contributed by atoms with van der Waals surface area (Å²) in [5, 5.41) is 10.9. The molecule has 1 aromatic heterocycles. The maximum Gasteiger partial charge on any atom is 0.310 e. The van der Waals surface area contributed by atoms with Crippen LogP contribution in [0.25, 0.3) is 10.9 Å². The third kappa shape index (κ3) is 2.71. The Hall–Kier alpha value is -2.01. The van der Waals surface area contributed by atoms with Crippen LogP contribution in [0.1, 0.15) is 11.1 Å². The number of hydrogen-bond acceptors (Lipinski definition) is 4. The summed E-state index contributed by atoms with van der Waals surface area (Å²) in [5.74, 6) is -0.0491. The van der Waals surface area contributed by atoms with E-state index in [1.165, 1.54) is 7.11 Å². The molecule has 0 spiro atoms. The van der Waals surface area contributed by atoms with Crippen LogP contribution in [-0.4, -0.2) is 42.2 Å². The van der Waals surface area contributed by atoms with E-state index in [1.807, 2.05) is 25.1 Å². The third-order valence-corrected chi connectivity index (χ3v) is 3.05. The number of fused-ring (bicyclic) bond motifs is 1. The summed E-state index contributed by atoms with van der Waals surface area (Å²) >= 11 is 0. The van der Waals surface area contributed by atoms with Crippen molar-refractivity contribution in [1.29, 1.82) is 0 Å². The fraction of sp³-hybridized carbons (Fsp3) is 0.357. The summed E-state index contributed by atoms with van der Waals surface area (Å²) < 4.78 is 4.70. The fourth-order valence-corrected chi connectivity index (χ4v) is 2.20. The van der Waals surface area contributed by atoms with Crippen LogP contribution in [0.15, 0.2) is 18.3 Å². The number of nitrogens with one attached hydrogen (secondary N) is 1. The number of ether oxygens (including phenoxy) is 1. The van der Waals surface area contributed by atoms with Crippen LogP contribution in [-0.2, 0) is 22.5 Å². The van der Waals surface area contributed by atoms with Crippen molar-refractivity contribution in [1.82, 2.24) is 9.88 Å². The van der Waals surface area contributed by atoms with Crippen molar-refractivity contribution >= 4 is 16.9 Å². The minimum absolute atomic E-state index is 0.195. The number of phenols is 1. The number of nitrogens with zero attached hydrogens (tertiary/aromatic N) is 1. The Morgan fingerprint density at radius 3 is 2.79 bits per heavy atom. The molecule has 2 aromatic rings. The third-order valence-electron chi connectivity index (χ3n) is 3.05. The Labute approximate surface area is 111 Å². The molecule has 0 aliphatic carbocycles. The highest BCUT2D eigenvalue weighted by Crippen LogP contribution is 2.30. The van der Waals surface area contributed by atoms with Crippen LogP contribution < -0.4 is 0 Å². The monoisotopic (exact) mass is 262 g/mol. The first-order valence-corrected chi connectivity index (χ1v) is 6.05. The molecule has 0 aliphatic heterocycles. The van der Waals surface area contributed by atoms with E-state index < -0.39 is 0 Å². The van der Waals surface area contributed by atoms with E-state index in [-0.39, 0.29) is 18.1 Å². The van der Waals surface area contributed by atoms with Crippen molar-refractivity contribution in [3.05, 3.63) is 29.5 Å². The van der Waals surface area contributed by atoms with E-state index in [0.717, 1.165) is 22.0 Å². The Morgan fingerprint density at radius 2 is 2.16 bits per heavy atom. The highest BCUT2D eigenvalue weighted by molar-refractivity contribution is 5.91. The van der Waals surface area contributed by atoms with Crippen LogP contribution in [0.2, 0.25) is 0 Å².